The van der Waals surface area contributed by atoms with E-state index < -0.39 is 0 Å². The Morgan fingerprint density at radius 1 is 1.10 bits per heavy atom. The van der Waals surface area contributed by atoms with Gasteiger partial charge in [-0.2, -0.15) is 0 Å². The molecule has 0 aliphatic carbocycles. The lowest BCUT2D eigenvalue weighted by atomic mass is 10.2. The average molecular weight is 336 g/mol. The van der Waals surface area contributed by atoms with Gasteiger partial charge in [0, 0.05) is 11.0 Å². The predicted octanol–water partition coefficient (Wildman–Crippen LogP) is 4.49. The van der Waals surface area contributed by atoms with E-state index in [1.165, 1.54) is 0 Å². The van der Waals surface area contributed by atoms with Crippen LogP contribution >= 0.6 is 15.9 Å². The molecule has 0 heterocycles. The average Bonchev–Trinajstić information content (AvgIpc) is 2.45. The van der Waals surface area contributed by atoms with E-state index >= 15 is 0 Å². The van der Waals surface area contributed by atoms with Crippen LogP contribution in [0.5, 0.6) is 17.2 Å². The molecule has 0 saturated heterocycles. The van der Waals surface area contributed by atoms with Crippen molar-refractivity contribution in [2.75, 3.05) is 6.61 Å². The van der Waals surface area contributed by atoms with Gasteiger partial charge >= 0.3 is 0 Å². The highest BCUT2D eigenvalue weighted by Gasteiger charge is 2.07. The second kappa shape index (κ2) is 7.31. The van der Waals surface area contributed by atoms with Gasteiger partial charge in [0.15, 0.2) is 11.5 Å². The third-order valence-electron chi connectivity index (χ3n) is 2.71. The van der Waals surface area contributed by atoms with Gasteiger partial charge in [0.05, 0.1) is 6.61 Å². The normalized spacial score (nSPS) is 10.3. The van der Waals surface area contributed by atoms with E-state index in [9.17, 15) is 0 Å². The summed E-state index contributed by atoms with van der Waals surface area (Å²) in [5.74, 6) is 2.21. The molecule has 2 N–H and O–H groups in total. The molecule has 0 atom stereocenters. The molecule has 2 aromatic carbocycles. The van der Waals surface area contributed by atoms with Gasteiger partial charge in [-0.05, 0) is 42.3 Å². The molecule has 0 amide bonds. The van der Waals surface area contributed by atoms with E-state index in [0.29, 0.717) is 18.9 Å². The molecule has 0 aliphatic heterocycles. The van der Waals surface area contributed by atoms with Crippen LogP contribution in [-0.2, 0) is 6.54 Å². The number of para-hydroxylation sites is 2. The summed E-state index contributed by atoms with van der Waals surface area (Å²) in [5.41, 5.74) is 6.69. The van der Waals surface area contributed by atoms with Crippen LogP contribution in [0, 0.1) is 0 Å². The standard InChI is InChI=1S/C16H18BrNO2/c1-2-7-19-15-5-3-4-6-16(15)20-14-9-12(11-18)8-13(17)10-14/h3-6,8-10H,2,7,11,18H2,1H3. The highest BCUT2D eigenvalue weighted by atomic mass is 79.9. The van der Waals surface area contributed by atoms with Gasteiger partial charge in [-0.25, -0.2) is 0 Å². The highest BCUT2D eigenvalue weighted by Crippen LogP contribution is 2.33. The smallest absolute Gasteiger partial charge is 0.169 e. The molecule has 4 heteroatoms. The fourth-order valence-corrected chi connectivity index (χ4v) is 2.31. The number of rotatable bonds is 6. The van der Waals surface area contributed by atoms with Crippen molar-refractivity contribution in [2.45, 2.75) is 19.9 Å². The molecule has 20 heavy (non-hydrogen) atoms. The highest BCUT2D eigenvalue weighted by molar-refractivity contribution is 9.10. The van der Waals surface area contributed by atoms with Crippen molar-refractivity contribution in [2.24, 2.45) is 5.73 Å². The Bertz CT molecular complexity index is 572. The zero-order valence-electron chi connectivity index (χ0n) is 11.4. The molecule has 2 aromatic rings. The molecule has 0 fully saturated rings. The van der Waals surface area contributed by atoms with Gasteiger partial charge in [0.25, 0.3) is 0 Å². The van der Waals surface area contributed by atoms with Crippen molar-refractivity contribution in [3.05, 3.63) is 52.5 Å². The van der Waals surface area contributed by atoms with E-state index in [1.54, 1.807) is 0 Å². The summed E-state index contributed by atoms with van der Waals surface area (Å²) in [6.07, 6.45) is 0.961. The second-order valence-corrected chi connectivity index (χ2v) is 5.31. The maximum absolute atomic E-state index is 5.92. The van der Waals surface area contributed by atoms with Gasteiger partial charge < -0.3 is 15.2 Å². The third kappa shape index (κ3) is 3.99. The maximum atomic E-state index is 5.92. The molecule has 0 bridgehead atoms. The fraction of sp³-hybridized carbons (Fsp3) is 0.250. The molecule has 106 valence electrons. The van der Waals surface area contributed by atoms with E-state index in [2.05, 4.69) is 22.9 Å². The minimum absolute atomic E-state index is 0.476. The first kappa shape index (κ1) is 14.9. The molecule has 0 aliphatic rings. The van der Waals surface area contributed by atoms with E-state index in [4.69, 9.17) is 15.2 Å². The minimum atomic E-state index is 0.476. The fourth-order valence-electron chi connectivity index (χ4n) is 1.79. The van der Waals surface area contributed by atoms with Crippen LogP contribution < -0.4 is 15.2 Å². The molecule has 0 saturated carbocycles. The summed E-state index contributed by atoms with van der Waals surface area (Å²) in [4.78, 5) is 0. The molecule has 0 unspecified atom stereocenters. The number of hydrogen-bond donors (Lipinski definition) is 1. The molecule has 0 spiro atoms. The summed E-state index contributed by atoms with van der Waals surface area (Å²) < 4.78 is 12.5. The largest absolute Gasteiger partial charge is 0.490 e. The van der Waals surface area contributed by atoms with Crippen molar-refractivity contribution in [3.63, 3.8) is 0 Å². The monoisotopic (exact) mass is 335 g/mol. The quantitative estimate of drug-likeness (QED) is 0.845. The van der Waals surface area contributed by atoms with Crippen molar-refractivity contribution in [3.8, 4) is 17.2 Å². The van der Waals surface area contributed by atoms with Gasteiger partial charge in [0.1, 0.15) is 5.75 Å². The van der Waals surface area contributed by atoms with Crippen molar-refractivity contribution in [1.29, 1.82) is 0 Å². The van der Waals surface area contributed by atoms with E-state index in [0.717, 1.165) is 28.0 Å². The third-order valence-corrected chi connectivity index (χ3v) is 3.16. The Balaban J connectivity index is 2.23. The van der Waals surface area contributed by atoms with Crippen LogP contribution in [0.1, 0.15) is 18.9 Å². The number of halogens is 1. The van der Waals surface area contributed by atoms with Crippen LogP contribution in [0.2, 0.25) is 0 Å². The summed E-state index contributed by atoms with van der Waals surface area (Å²) in [5, 5.41) is 0. The molecule has 0 aromatic heterocycles. The minimum Gasteiger partial charge on any atom is -0.490 e. The molecule has 3 nitrogen and oxygen atoms in total. The molecule has 2 rings (SSSR count). The SMILES string of the molecule is CCCOc1ccccc1Oc1cc(Br)cc(CN)c1. The first-order valence-corrected chi connectivity index (χ1v) is 7.41. The van der Waals surface area contributed by atoms with Crippen LogP contribution in [0.4, 0.5) is 0 Å². The van der Waals surface area contributed by atoms with Gasteiger partial charge in [-0.3, -0.25) is 0 Å². The topological polar surface area (TPSA) is 44.5 Å². The van der Waals surface area contributed by atoms with Gasteiger partial charge in [-0.15, -0.1) is 0 Å². The first-order chi connectivity index (χ1) is 9.72. The lowest BCUT2D eigenvalue weighted by Gasteiger charge is -2.12. The van der Waals surface area contributed by atoms with Crippen LogP contribution in [0.25, 0.3) is 0 Å². The number of hydrogen-bond acceptors (Lipinski definition) is 3. The number of benzene rings is 2. The zero-order chi connectivity index (χ0) is 14.4. The van der Waals surface area contributed by atoms with Crippen molar-refractivity contribution < 1.29 is 9.47 Å². The Labute approximate surface area is 127 Å². The summed E-state index contributed by atoms with van der Waals surface area (Å²) in [7, 11) is 0. The molecular formula is C16H18BrNO2. The molecule has 0 radical (unpaired) electrons. The lowest BCUT2D eigenvalue weighted by molar-refractivity contribution is 0.302. The van der Waals surface area contributed by atoms with Crippen molar-refractivity contribution in [1.82, 2.24) is 0 Å². The predicted molar refractivity (Wildman–Crippen MR) is 84.3 cm³/mol. The van der Waals surface area contributed by atoms with Gasteiger partial charge in [-0.1, -0.05) is 35.0 Å². The zero-order valence-corrected chi connectivity index (χ0v) is 13.0. The number of ether oxygens (including phenoxy) is 2. The second-order valence-electron chi connectivity index (χ2n) is 4.40. The lowest BCUT2D eigenvalue weighted by Crippen LogP contribution is -1.99. The Hall–Kier alpha value is -1.52. The Kier molecular flexibility index (Phi) is 5.44. The van der Waals surface area contributed by atoms with E-state index in [-0.39, 0.29) is 0 Å². The maximum Gasteiger partial charge on any atom is 0.169 e. The van der Waals surface area contributed by atoms with Crippen LogP contribution in [-0.4, -0.2) is 6.61 Å². The Morgan fingerprint density at radius 2 is 1.85 bits per heavy atom. The summed E-state index contributed by atoms with van der Waals surface area (Å²) >= 11 is 3.46. The van der Waals surface area contributed by atoms with E-state index in [1.807, 2.05) is 42.5 Å². The summed E-state index contributed by atoms with van der Waals surface area (Å²) in [6.45, 7) is 3.22. The number of nitrogens with two attached hydrogens (primary N) is 1. The van der Waals surface area contributed by atoms with Crippen LogP contribution in [0.3, 0.4) is 0 Å². The summed E-state index contributed by atoms with van der Waals surface area (Å²) in [6, 6.07) is 13.5. The molecular weight excluding hydrogens is 318 g/mol. The Morgan fingerprint density at radius 3 is 2.55 bits per heavy atom. The van der Waals surface area contributed by atoms with Gasteiger partial charge in [0.2, 0.25) is 0 Å². The van der Waals surface area contributed by atoms with Crippen LogP contribution in [0.15, 0.2) is 46.9 Å². The first-order valence-electron chi connectivity index (χ1n) is 6.62. The van der Waals surface area contributed by atoms with Crippen molar-refractivity contribution >= 4 is 15.9 Å².